The SMILES string of the molecule is CNC(COC(C)C(F)(F)F)c1ccc(OC(C)C)cc1. The molecule has 120 valence electrons. The van der Waals surface area contributed by atoms with E-state index in [0.29, 0.717) is 0 Å². The van der Waals surface area contributed by atoms with Gasteiger partial charge in [-0.15, -0.1) is 0 Å². The van der Waals surface area contributed by atoms with E-state index < -0.39 is 12.3 Å². The molecule has 0 aliphatic carbocycles. The molecule has 3 nitrogen and oxygen atoms in total. The normalized spacial score (nSPS) is 15.0. The zero-order chi connectivity index (χ0) is 16.0. The van der Waals surface area contributed by atoms with Gasteiger partial charge in [-0.2, -0.15) is 13.2 Å². The van der Waals surface area contributed by atoms with Crippen LogP contribution in [-0.2, 0) is 4.74 Å². The Hall–Kier alpha value is -1.27. The van der Waals surface area contributed by atoms with Crippen LogP contribution in [0.3, 0.4) is 0 Å². The Bertz CT molecular complexity index is 418. The van der Waals surface area contributed by atoms with Gasteiger partial charge in [0.15, 0.2) is 6.10 Å². The van der Waals surface area contributed by atoms with Gasteiger partial charge in [0.05, 0.1) is 18.8 Å². The summed E-state index contributed by atoms with van der Waals surface area (Å²) in [5.41, 5.74) is 0.850. The van der Waals surface area contributed by atoms with E-state index in [1.165, 1.54) is 0 Å². The maximum Gasteiger partial charge on any atom is 0.414 e. The lowest BCUT2D eigenvalue weighted by Gasteiger charge is -2.22. The molecule has 0 amide bonds. The number of hydrogen-bond acceptors (Lipinski definition) is 3. The van der Waals surface area contributed by atoms with Crippen molar-refractivity contribution in [1.29, 1.82) is 0 Å². The van der Waals surface area contributed by atoms with E-state index in [1.54, 1.807) is 19.2 Å². The predicted molar refractivity (Wildman–Crippen MR) is 75.5 cm³/mol. The topological polar surface area (TPSA) is 30.5 Å². The Morgan fingerprint density at radius 2 is 1.67 bits per heavy atom. The molecule has 2 unspecified atom stereocenters. The van der Waals surface area contributed by atoms with E-state index in [0.717, 1.165) is 18.2 Å². The predicted octanol–water partition coefficient (Wildman–Crippen LogP) is 3.70. The second-order valence-corrected chi connectivity index (χ2v) is 5.09. The summed E-state index contributed by atoms with van der Waals surface area (Å²) in [6.45, 7) is 4.81. The third kappa shape index (κ3) is 5.93. The minimum atomic E-state index is -4.34. The molecule has 1 N–H and O–H groups in total. The van der Waals surface area contributed by atoms with E-state index in [-0.39, 0.29) is 18.8 Å². The highest BCUT2D eigenvalue weighted by Gasteiger charge is 2.37. The Morgan fingerprint density at radius 1 is 1.10 bits per heavy atom. The lowest BCUT2D eigenvalue weighted by Crippen LogP contribution is -2.32. The van der Waals surface area contributed by atoms with Gasteiger partial charge in [-0.3, -0.25) is 0 Å². The minimum absolute atomic E-state index is 0.0540. The maximum absolute atomic E-state index is 12.4. The number of likely N-dealkylation sites (N-methyl/N-ethyl adjacent to an activating group) is 1. The minimum Gasteiger partial charge on any atom is -0.491 e. The quantitative estimate of drug-likeness (QED) is 0.833. The third-order valence-corrected chi connectivity index (χ3v) is 2.98. The largest absolute Gasteiger partial charge is 0.491 e. The van der Waals surface area contributed by atoms with Crippen molar-refractivity contribution in [2.75, 3.05) is 13.7 Å². The smallest absolute Gasteiger partial charge is 0.414 e. The van der Waals surface area contributed by atoms with Crippen LogP contribution in [0.1, 0.15) is 32.4 Å². The number of halogens is 3. The van der Waals surface area contributed by atoms with Gasteiger partial charge in [-0.05, 0) is 45.5 Å². The van der Waals surface area contributed by atoms with Crippen molar-refractivity contribution in [2.24, 2.45) is 0 Å². The first-order chi connectivity index (χ1) is 9.74. The molecule has 6 heteroatoms. The number of alkyl halides is 3. The summed E-state index contributed by atoms with van der Waals surface area (Å²) in [7, 11) is 1.69. The molecule has 0 saturated heterocycles. The molecule has 0 fully saturated rings. The molecule has 1 rings (SSSR count). The summed E-state index contributed by atoms with van der Waals surface area (Å²) in [4.78, 5) is 0. The van der Waals surface area contributed by atoms with Crippen molar-refractivity contribution in [2.45, 2.75) is 45.2 Å². The van der Waals surface area contributed by atoms with Crippen LogP contribution in [0, 0.1) is 0 Å². The molecular weight excluding hydrogens is 283 g/mol. The van der Waals surface area contributed by atoms with Gasteiger partial charge in [-0.25, -0.2) is 0 Å². The second-order valence-electron chi connectivity index (χ2n) is 5.09. The fraction of sp³-hybridized carbons (Fsp3) is 0.600. The van der Waals surface area contributed by atoms with Crippen LogP contribution in [-0.4, -0.2) is 32.0 Å². The molecule has 21 heavy (non-hydrogen) atoms. The molecular formula is C15H22F3NO2. The van der Waals surface area contributed by atoms with Crippen molar-refractivity contribution >= 4 is 0 Å². The van der Waals surface area contributed by atoms with E-state index >= 15 is 0 Å². The molecule has 0 spiro atoms. The standard InChI is InChI=1S/C15H22F3NO2/c1-10(2)21-13-7-5-12(6-8-13)14(19-4)9-20-11(3)15(16,17)18/h5-8,10-11,14,19H,9H2,1-4H3. The van der Waals surface area contributed by atoms with Gasteiger partial charge < -0.3 is 14.8 Å². The van der Waals surface area contributed by atoms with Crippen LogP contribution in [0.2, 0.25) is 0 Å². The van der Waals surface area contributed by atoms with Gasteiger partial charge >= 0.3 is 6.18 Å². The van der Waals surface area contributed by atoms with E-state index in [4.69, 9.17) is 9.47 Å². The fourth-order valence-electron chi connectivity index (χ4n) is 1.73. The lowest BCUT2D eigenvalue weighted by molar-refractivity contribution is -0.215. The second kappa shape index (κ2) is 7.66. The van der Waals surface area contributed by atoms with Crippen molar-refractivity contribution in [3.63, 3.8) is 0 Å². The van der Waals surface area contributed by atoms with Crippen LogP contribution in [0.25, 0.3) is 0 Å². The summed E-state index contributed by atoms with van der Waals surface area (Å²) in [5.74, 6) is 0.730. The summed E-state index contributed by atoms with van der Waals surface area (Å²) in [5, 5.41) is 2.95. The Morgan fingerprint density at radius 3 is 2.10 bits per heavy atom. The van der Waals surface area contributed by atoms with E-state index in [1.807, 2.05) is 26.0 Å². The van der Waals surface area contributed by atoms with Gasteiger partial charge in [0.1, 0.15) is 5.75 Å². The van der Waals surface area contributed by atoms with Crippen LogP contribution in [0.15, 0.2) is 24.3 Å². The molecule has 0 aliphatic heterocycles. The number of ether oxygens (including phenoxy) is 2. The summed E-state index contributed by atoms with van der Waals surface area (Å²) in [6, 6.07) is 6.93. The Kier molecular flexibility index (Phi) is 6.48. The monoisotopic (exact) mass is 305 g/mol. The van der Waals surface area contributed by atoms with Gasteiger partial charge in [0.25, 0.3) is 0 Å². The van der Waals surface area contributed by atoms with Crippen molar-refractivity contribution in [3.8, 4) is 5.75 Å². The highest BCUT2D eigenvalue weighted by Crippen LogP contribution is 2.24. The molecule has 0 heterocycles. The average molecular weight is 305 g/mol. The first kappa shape index (κ1) is 17.8. The van der Waals surface area contributed by atoms with Crippen LogP contribution in [0.5, 0.6) is 5.75 Å². The third-order valence-electron chi connectivity index (χ3n) is 2.98. The van der Waals surface area contributed by atoms with Crippen LogP contribution in [0.4, 0.5) is 13.2 Å². The molecule has 1 aromatic carbocycles. The number of benzene rings is 1. The average Bonchev–Trinajstić information content (AvgIpc) is 2.39. The van der Waals surface area contributed by atoms with Crippen LogP contribution >= 0.6 is 0 Å². The molecule has 1 aromatic rings. The zero-order valence-electron chi connectivity index (χ0n) is 12.7. The summed E-state index contributed by atoms with van der Waals surface area (Å²) >= 11 is 0. The molecule has 2 atom stereocenters. The first-order valence-corrected chi connectivity index (χ1v) is 6.86. The number of nitrogens with one attached hydrogen (secondary N) is 1. The highest BCUT2D eigenvalue weighted by atomic mass is 19.4. The van der Waals surface area contributed by atoms with E-state index in [2.05, 4.69) is 5.32 Å². The van der Waals surface area contributed by atoms with Crippen molar-refractivity contribution in [3.05, 3.63) is 29.8 Å². The maximum atomic E-state index is 12.4. The first-order valence-electron chi connectivity index (χ1n) is 6.86. The lowest BCUT2D eigenvalue weighted by atomic mass is 10.1. The van der Waals surface area contributed by atoms with Crippen molar-refractivity contribution < 1.29 is 22.6 Å². The number of hydrogen-bond donors (Lipinski definition) is 1. The highest BCUT2D eigenvalue weighted by molar-refractivity contribution is 5.29. The number of rotatable bonds is 7. The molecule has 0 saturated carbocycles. The van der Waals surface area contributed by atoms with Crippen LogP contribution < -0.4 is 10.1 Å². The molecule has 0 bridgehead atoms. The Labute approximate surface area is 123 Å². The zero-order valence-corrected chi connectivity index (χ0v) is 12.7. The van der Waals surface area contributed by atoms with E-state index in [9.17, 15) is 13.2 Å². The molecule has 0 aromatic heterocycles. The van der Waals surface area contributed by atoms with Gasteiger partial charge in [-0.1, -0.05) is 12.1 Å². The Balaban J connectivity index is 2.63. The molecule has 0 aliphatic rings. The fourth-order valence-corrected chi connectivity index (χ4v) is 1.73. The van der Waals surface area contributed by atoms with Gasteiger partial charge in [0.2, 0.25) is 0 Å². The van der Waals surface area contributed by atoms with Crippen molar-refractivity contribution in [1.82, 2.24) is 5.32 Å². The van der Waals surface area contributed by atoms with Gasteiger partial charge in [0, 0.05) is 0 Å². The summed E-state index contributed by atoms with van der Waals surface area (Å²) < 4.78 is 47.7. The summed E-state index contributed by atoms with van der Waals surface area (Å²) in [6.07, 6.45) is -6.04. The molecule has 0 radical (unpaired) electrons.